The minimum Gasteiger partial charge on any atom is -0.435 e. The third-order valence-electron chi connectivity index (χ3n) is 3.32. The van der Waals surface area contributed by atoms with Crippen LogP contribution >= 0.6 is 0 Å². The number of aryl methyl sites for hydroxylation is 1. The van der Waals surface area contributed by atoms with Crippen molar-refractivity contribution in [2.75, 3.05) is 0 Å². The van der Waals surface area contributed by atoms with Crippen LogP contribution in [0.5, 0.6) is 0 Å². The number of unbranched alkanes of at least 4 members (excludes halogenated alkanes) is 2. The van der Waals surface area contributed by atoms with Gasteiger partial charge in [0.1, 0.15) is 0 Å². The summed E-state index contributed by atoms with van der Waals surface area (Å²) in [7, 11) is 0. The molecule has 0 saturated heterocycles. The fourth-order valence-electron chi connectivity index (χ4n) is 2.31. The van der Waals surface area contributed by atoms with Crippen molar-refractivity contribution in [1.29, 1.82) is 0 Å². The molecule has 0 spiro atoms. The van der Waals surface area contributed by atoms with E-state index in [1.54, 1.807) is 0 Å². The summed E-state index contributed by atoms with van der Waals surface area (Å²) >= 11 is 0. The molecule has 0 amide bonds. The summed E-state index contributed by atoms with van der Waals surface area (Å²) in [6, 6.07) is 8.39. The zero-order valence-electron chi connectivity index (χ0n) is 12.0. The monoisotopic (exact) mass is 260 g/mol. The second-order valence-corrected chi connectivity index (χ2v) is 4.92. The maximum atomic E-state index is 11.5. The normalized spacial score (nSPS) is 11.9. The maximum absolute atomic E-state index is 11.5. The van der Waals surface area contributed by atoms with Crippen LogP contribution in [0.15, 0.2) is 37.1 Å². The lowest BCUT2D eigenvalue weighted by molar-refractivity contribution is -0.138. The van der Waals surface area contributed by atoms with Crippen molar-refractivity contribution in [1.82, 2.24) is 0 Å². The van der Waals surface area contributed by atoms with E-state index < -0.39 is 0 Å². The fourth-order valence-corrected chi connectivity index (χ4v) is 2.31. The summed E-state index contributed by atoms with van der Waals surface area (Å²) in [5.74, 6) is -0.0314. The Balaban J connectivity index is 2.69. The van der Waals surface area contributed by atoms with Gasteiger partial charge in [0.25, 0.3) is 0 Å². The molecule has 19 heavy (non-hydrogen) atoms. The topological polar surface area (TPSA) is 26.3 Å². The van der Waals surface area contributed by atoms with Crippen molar-refractivity contribution >= 4 is 5.97 Å². The highest BCUT2D eigenvalue weighted by Gasteiger charge is 2.14. The number of carbonyl (C=O) groups excluding carboxylic acids is 1. The van der Waals surface area contributed by atoms with E-state index in [1.165, 1.54) is 36.7 Å². The minimum atomic E-state index is -0.217. The van der Waals surface area contributed by atoms with Crippen molar-refractivity contribution in [3.63, 3.8) is 0 Å². The Morgan fingerprint density at radius 2 is 2.11 bits per heavy atom. The molecule has 2 heteroatoms. The van der Waals surface area contributed by atoms with Crippen LogP contribution < -0.4 is 0 Å². The van der Waals surface area contributed by atoms with Gasteiger partial charge in [0.15, 0.2) is 0 Å². The molecule has 0 aliphatic heterocycles. The van der Waals surface area contributed by atoms with E-state index in [0.29, 0.717) is 6.42 Å². The smallest absolute Gasteiger partial charge is 0.311 e. The van der Waals surface area contributed by atoms with Crippen LogP contribution in [0.25, 0.3) is 0 Å². The first kappa shape index (κ1) is 15.5. The molecule has 0 aliphatic carbocycles. The van der Waals surface area contributed by atoms with Gasteiger partial charge in [-0.25, -0.2) is 0 Å². The van der Waals surface area contributed by atoms with Crippen molar-refractivity contribution in [2.24, 2.45) is 0 Å². The summed E-state index contributed by atoms with van der Waals surface area (Å²) in [5.41, 5.74) is 2.62. The van der Waals surface area contributed by atoms with Crippen LogP contribution in [0.3, 0.4) is 0 Å². The molecule has 0 aliphatic rings. The van der Waals surface area contributed by atoms with Gasteiger partial charge in [-0.05, 0) is 29.9 Å². The fraction of sp³-hybridized carbons (Fsp3) is 0.471. The van der Waals surface area contributed by atoms with Crippen LogP contribution in [0, 0.1) is 0 Å². The molecular weight excluding hydrogens is 236 g/mol. The first-order chi connectivity index (χ1) is 9.19. The zero-order chi connectivity index (χ0) is 14.1. The van der Waals surface area contributed by atoms with Crippen molar-refractivity contribution < 1.29 is 9.53 Å². The molecule has 0 saturated carbocycles. The van der Waals surface area contributed by atoms with E-state index in [4.69, 9.17) is 4.74 Å². The first-order valence-electron chi connectivity index (χ1n) is 7.07. The predicted molar refractivity (Wildman–Crippen MR) is 79.0 cm³/mol. The van der Waals surface area contributed by atoms with Gasteiger partial charge in [0, 0.05) is 0 Å². The number of rotatable bonds is 8. The number of hydrogen-bond donors (Lipinski definition) is 0. The lowest BCUT2D eigenvalue weighted by atomic mass is 9.91. The molecule has 1 aromatic rings. The van der Waals surface area contributed by atoms with E-state index in [9.17, 15) is 4.79 Å². The van der Waals surface area contributed by atoms with Gasteiger partial charge in [-0.2, -0.15) is 0 Å². The molecule has 1 unspecified atom stereocenters. The highest BCUT2D eigenvalue weighted by atomic mass is 16.5. The molecule has 1 aromatic carbocycles. The summed E-state index contributed by atoms with van der Waals surface area (Å²) in [6.45, 7) is 7.69. The lowest BCUT2D eigenvalue weighted by Gasteiger charge is -2.15. The molecule has 1 atom stereocenters. The SMILES string of the molecule is C=COC(=O)CC(C)c1ccccc1CCCCC. The van der Waals surface area contributed by atoms with E-state index in [2.05, 4.69) is 38.6 Å². The van der Waals surface area contributed by atoms with E-state index in [1.807, 2.05) is 6.07 Å². The molecular formula is C17H24O2. The summed E-state index contributed by atoms with van der Waals surface area (Å²) in [5, 5.41) is 0. The molecule has 0 bridgehead atoms. The van der Waals surface area contributed by atoms with E-state index in [0.717, 1.165) is 6.42 Å². The Labute approximate surface area is 116 Å². The predicted octanol–water partition coefficient (Wildman–Crippen LogP) is 4.60. The largest absolute Gasteiger partial charge is 0.435 e. The van der Waals surface area contributed by atoms with Crippen LogP contribution in [-0.4, -0.2) is 5.97 Å². The third kappa shape index (κ3) is 5.29. The van der Waals surface area contributed by atoms with Crippen LogP contribution in [0.2, 0.25) is 0 Å². The molecule has 0 fully saturated rings. The van der Waals surface area contributed by atoms with Crippen LogP contribution in [0.1, 0.15) is 56.6 Å². The second kappa shape index (κ2) is 8.52. The molecule has 2 nitrogen and oxygen atoms in total. The molecule has 0 aromatic heterocycles. The highest BCUT2D eigenvalue weighted by Crippen LogP contribution is 2.24. The number of benzene rings is 1. The van der Waals surface area contributed by atoms with Crippen LogP contribution in [-0.2, 0) is 16.0 Å². The number of esters is 1. The van der Waals surface area contributed by atoms with Crippen molar-refractivity contribution in [3.05, 3.63) is 48.2 Å². The van der Waals surface area contributed by atoms with Crippen molar-refractivity contribution in [3.8, 4) is 0 Å². The Morgan fingerprint density at radius 3 is 2.79 bits per heavy atom. The van der Waals surface area contributed by atoms with Gasteiger partial charge >= 0.3 is 5.97 Å². The summed E-state index contributed by atoms with van der Waals surface area (Å²) < 4.78 is 4.80. The first-order valence-corrected chi connectivity index (χ1v) is 7.07. The van der Waals surface area contributed by atoms with E-state index in [-0.39, 0.29) is 11.9 Å². The lowest BCUT2D eigenvalue weighted by Crippen LogP contribution is -2.07. The molecule has 0 heterocycles. The van der Waals surface area contributed by atoms with Crippen LogP contribution in [0.4, 0.5) is 0 Å². The molecule has 1 rings (SSSR count). The summed E-state index contributed by atoms with van der Waals surface area (Å²) in [6.07, 6.45) is 6.37. The molecule has 0 radical (unpaired) electrons. The Hall–Kier alpha value is -1.57. The van der Waals surface area contributed by atoms with Gasteiger partial charge in [-0.3, -0.25) is 4.79 Å². The minimum absolute atomic E-state index is 0.185. The third-order valence-corrected chi connectivity index (χ3v) is 3.32. The zero-order valence-corrected chi connectivity index (χ0v) is 12.0. The standard InChI is InChI=1S/C17H24O2/c1-4-6-7-10-15-11-8-9-12-16(15)14(3)13-17(18)19-5-2/h5,8-9,11-12,14H,2,4,6-7,10,13H2,1,3H3. The quantitative estimate of drug-likeness (QED) is 0.388. The molecule has 0 N–H and O–H groups in total. The van der Waals surface area contributed by atoms with Gasteiger partial charge in [0.05, 0.1) is 12.7 Å². The Morgan fingerprint density at radius 1 is 1.37 bits per heavy atom. The number of hydrogen-bond acceptors (Lipinski definition) is 2. The van der Waals surface area contributed by atoms with Gasteiger partial charge in [0.2, 0.25) is 0 Å². The Kier molecular flexibility index (Phi) is 6.94. The number of carbonyl (C=O) groups is 1. The van der Waals surface area contributed by atoms with Gasteiger partial charge in [-0.1, -0.05) is 57.5 Å². The second-order valence-electron chi connectivity index (χ2n) is 4.92. The van der Waals surface area contributed by atoms with Gasteiger partial charge in [-0.15, -0.1) is 0 Å². The van der Waals surface area contributed by atoms with Gasteiger partial charge < -0.3 is 4.74 Å². The maximum Gasteiger partial charge on any atom is 0.311 e. The Bertz CT molecular complexity index is 409. The van der Waals surface area contributed by atoms with Crippen molar-refractivity contribution in [2.45, 2.75) is 51.9 Å². The highest BCUT2D eigenvalue weighted by molar-refractivity contribution is 5.71. The average molecular weight is 260 g/mol. The summed E-state index contributed by atoms with van der Waals surface area (Å²) in [4.78, 5) is 11.5. The molecule has 104 valence electrons. The average Bonchev–Trinajstić information content (AvgIpc) is 2.39. The van der Waals surface area contributed by atoms with E-state index >= 15 is 0 Å². The number of ether oxygens (including phenoxy) is 1.